The van der Waals surface area contributed by atoms with E-state index in [0.29, 0.717) is 22.4 Å². The molecular formula is C23H23NO3S2. The van der Waals surface area contributed by atoms with E-state index in [-0.39, 0.29) is 12.0 Å². The van der Waals surface area contributed by atoms with Crippen LogP contribution in [-0.2, 0) is 16.1 Å². The molecular weight excluding hydrogens is 402 g/mol. The maximum absolute atomic E-state index is 12.9. The lowest BCUT2D eigenvalue weighted by atomic mass is 10.1. The van der Waals surface area contributed by atoms with Crippen LogP contribution in [0.4, 0.5) is 0 Å². The summed E-state index contributed by atoms with van der Waals surface area (Å²) in [4.78, 5) is 15.2. The highest BCUT2D eigenvalue weighted by molar-refractivity contribution is 8.26. The number of nitrogens with zero attached hydrogens (tertiary/aromatic N) is 1. The summed E-state index contributed by atoms with van der Waals surface area (Å²) in [5.41, 5.74) is 3.19. The second-order valence-electron chi connectivity index (χ2n) is 7.24. The third-order valence-electron chi connectivity index (χ3n) is 4.97. The molecule has 2 aromatic rings. The lowest BCUT2D eigenvalue weighted by Crippen LogP contribution is -2.35. The third kappa shape index (κ3) is 4.89. The largest absolute Gasteiger partial charge is 0.488 e. The lowest BCUT2D eigenvalue weighted by molar-refractivity contribution is -0.123. The van der Waals surface area contributed by atoms with Crippen LogP contribution in [0.15, 0.2) is 53.4 Å². The standard InChI is InChI=1S/C23H23NO3S2/c1-16-6-4-7-17(12-16)15-27-20-10-3-2-8-18(20)13-21-22(25)24(23(28)29-21)14-19-9-5-11-26-19/h2-4,6-8,10,12-13,19H,5,9,11,14-15H2,1H3/b21-13-/t19-/m0/s1. The van der Waals surface area contributed by atoms with E-state index in [1.54, 1.807) is 4.90 Å². The van der Waals surface area contributed by atoms with Gasteiger partial charge in [-0.1, -0.05) is 72.0 Å². The molecule has 1 amide bonds. The number of benzene rings is 2. The Labute approximate surface area is 180 Å². The Balaban J connectivity index is 1.49. The molecule has 4 rings (SSSR count). The molecule has 2 saturated heterocycles. The fourth-order valence-electron chi connectivity index (χ4n) is 3.48. The Hall–Kier alpha value is -2.15. The Morgan fingerprint density at radius 2 is 2.14 bits per heavy atom. The van der Waals surface area contributed by atoms with Crippen molar-refractivity contribution in [1.82, 2.24) is 4.90 Å². The van der Waals surface area contributed by atoms with Gasteiger partial charge in [-0.2, -0.15) is 0 Å². The first-order chi connectivity index (χ1) is 14.1. The molecule has 0 bridgehead atoms. The van der Waals surface area contributed by atoms with Crippen LogP contribution in [0.25, 0.3) is 6.08 Å². The zero-order valence-corrected chi connectivity index (χ0v) is 17.9. The third-order valence-corrected chi connectivity index (χ3v) is 6.34. The van der Waals surface area contributed by atoms with Crippen LogP contribution in [0.5, 0.6) is 5.75 Å². The smallest absolute Gasteiger partial charge is 0.266 e. The Kier molecular flexibility index (Phi) is 6.33. The predicted octanol–water partition coefficient (Wildman–Crippen LogP) is 4.95. The van der Waals surface area contributed by atoms with Crippen molar-refractivity contribution in [2.45, 2.75) is 32.5 Å². The van der Waals surface area contributed by atoms with Gasteiger partial charge in [0.1, 0.15) is 16.7 Å². The number of hydrogen-bond acceptors (Lipinski definition) is 5. The number of ether oxygens (including phenoxy) is 2. The molecule has 0 N–H and O–H groups in total. The molecule has 0 saturated carbocycles. The second kappa shape index (κ2) is 9.11. The van der Waals surface area contributed by atoms with Crippen LogP contribution in [0.3, 0.4) is 0 Å². The first-order valence-corrected chi connectivity index (χ1v) is 11.0. The van der Waals surface area contributed by atoms with Crippen LogP contribution in [-0.4, -0.2) is 34.4 Å². The van der Waals surface area contributed by atoms with Gasteiger partial charge in [-0.25, -0.2) is 0 Å². The highest BCUT2D eigenvalue weighted by Gasteiger charge is 2.34. The molecule has 2 aliphatic rings. The van der Waals surface area contributed by atoms with Crippen molar-refractivity contribution < 1.29 is 14.3 Å². The van der Waals surface area contributed by atoms with Gasteiger partial charge in [0.25, 0.3) is 5.91 Å². The Morgan fingerprint density at radius 3 is 2.93 bits per heavy atom. The molecule has 2 heterocycles. The molecule has 0 aromatic heterocycles. The number of carbonyl (C=O) groups excluding carboxylic acids is 1. The summed E-state index contributed by atoms with van der Waals surface area (Å²) in [6.45, 7) is 3.84. The van der Waals surface area contributed by atoms with E-state index in [1.807, 2.05) is 42.5 Å². The summed E-state index contributed by atoms with van der Waals surface area (Å²) in [6.07, 6.45) is 3.98. The van der Waals surface area contributed by atoms with Crippen LogP contribution < -0.4 is 4.74 Å². The average Bonchev–Trinajstić information content (AvgIpc) is 3.32. The highest BCUT2D eigenvalue weighted by atomic mass is 32.2. The molecule has 6 heteroatoms. The fourth-order valence-corrected chi connectivity index (χ4v) is 4.75. The highest BCUT2D eigenvalue weighted by Crippen LogP contribution is 2.35. The molecule has 2 aliphatic heterocycles. The summed E-state index contributed by atoms with van der Waals surface area (Å²) in [6, 6.07) is 16.0. The maximum Gasteiger partial charge on any atom is 0.266 e. The van der Waals surface area contributed by atoms with Crippen molar-refractivity contribution in [2.75, 3.05) is 13.2 Å². The van der Waals surface area contributed by atoms with Gasteiger partial charge < -0.3 is 9.47 Å². The number of para-hydroxylation sites is 1. The monoisotopic (exact) mass is 425 g/mol. The van der Waals surface area contributed by atoms with Crippen molar-refractivity contribution in [3.8, 4) is 5.75 Å². The van der Waals surface area contributed by atoms with Gasteiger partial charge in [-0.3, -0.25) is 9.69 Å². The lowest BCUT2D eigenvalue weighted by Gasteiger charge is -2.18. The molecule has 150 valence electrons. The van der Waals surface area contributed by atoms with Gasteiger partial charge in [-0.15, -0.1) is 0 Å². The van der Waals surface area contributed by atoms with Gasteiger partial charge in [0.15, 0.2) is 0 Å². The predicted molar refractivity (Wildman–Crippen MR) is 121 cm³/mol. The summed E-state index contributed by atoms with van der Waals surface area (Å²) in [5.74, 6) is 0.697. The summed E-state index contributed by atoms with van der Waals surface area (Å²) >= 11 is 6.79. The van der Waals surface area contributed by atoms with Gasteiger partial charge >= 0.3 is 0 Å². The maximum atomic E-state index is 12.9. The zero-order chi connectivity index (χ0) is 20.2. The minimum atomic E-state index is -0.0519. The Morgan fingerprint density at radius 1 is 1.28 bits per heavy atom. The SMILES string of the molecule is Cc1cccc(COc2ccccc2/C=C2\SC(=S)N(C[C@@H]3CCCO3)C2=O)c1. The van der Waals surface area contributed by atoms with Gasteiger partial charge in [0, 0.05) is 12.2 Å². The number of aryl methyl sites for hydroxylation is 1. The molecule has 0 aliphatic carbocycles. The van der Waals surface area contributed by atoms with Crippen LogP contribution >= 0.6 is 24.0 Å². The minimum Gasteiger partial charge on any atom is -0.488 e. The van der Waals surface area contributed by atoms with E-state index in [1.165, 1.54) is 17.3 Å². The normalized spacial score (nSPS) is 20.7. The van der Waals surface area contributed by atoms with Crippen molar-refractivity contribution in [3.63, 3.8) is 0 Å². The topological polar surface area (TPSA) is 38.8 Å². The van der Waals surface area contributed by atoms with Gasteiger partial charge in [0.2, 0.25) is 0 Å². The van der Waals surface area contributed by atoms with E-state index in [4.69, 9.17) is 21.7 Å². The molecule has 29 heavy (non-hydrogen) atoms. The number of thioether (sulfide) groups is 1. The fraction of sp³-hybridized carbons (Fsp3) is 0.304. The summed E-state index contributed by atoms with van der Waals surface area (Å²) in [5, 5.41) is 0. The summed E-state index contributed by atoms with van der Waals surface area (Å²) in [7, 11) is 0. The van der Waals surface area contributed by atoms with Crippen LogP contribution in [0.1, 0.15) is 29.5 Å². The van der Waals surface area contributed by atoms with Crippen molar-refractivity contribution in [2.24, 2.45) is 0 Å². The van der Waals surface area contributed by atoms with Crippen molar-refractivity contribution >= 4 is 40.3 Å². The van der Waals surface area contributed by atoms with E-state index in [2.05, 4.69) is 19.1 Å². The van der Waals surface area contributed by atoms with Gasteiger partial charge in [0.05, 0.1) is 17.6 Å². The van der Waals surface area contributed by atoms with Crippen molar-refractivity contribution in [3.05, 3.63) is 70.1 Å². The number of thiocarbonyl (C=S) groups is 1. The number of amides is 1. The van der Waals surface area contributed by atoms with Crippen molar-refractivity contribution in [1.29, 1.82) is 0 Å². The molecule has 2 fully saturated rings. The van der Waals surface area contributed by atoms with E-state index in [9.17, 15) is 4.79 Å². The molecule has 0 unspecified atom stereocenters. The van der Waals surface area contributed by atoms with E-state index in [0.717, 1.165) is 36.3 Å². The average molecular weight is 426 g/mol. The van der Waals surface area contributed by atoms with Gasteiger partial charge in [-0.05, 0) is 37.5 Å². The van der Waals surface area contributed by atoms with E-state index >= 15 is 0 Å². The number of hydrogen-bond donors (Lipinski definition) is 0. The number of rotatable bonds is 6. The first-order valence-electron chi connectivity index (χ1n) is 9.74. The minimum absolute atomic E-state index is 0.0519. The van der Waals surface area contributed by atoms with E-state index < -0.39 is 0 Å². The zero-order valence-electron chi connectivity index (χ0n) is 16.3. The molecule has 2 aromatic carbocycles. The first kappa shape index (κ1) is 20.1. The van der Waals surface area contributed by atoms with Crippen LogP contribution in [0, 0.1) is 6.92 Å². The quantitative estimate of drug-likeness (QED) is 0.483. The number of carbonyl (C=O) groups is 1. The summed E-state index contributed by atoms with van der Waals surface area (Å²) < 4.78 is 12.3. The second-order valence-corrected chi connectivity index (χ2v) is 8.92. The molecule has 4 nitrogen and oxygen atoms in total. The Bertz CT molecular complexity index is 951. The van der Waals surface area contributed by atoms with Crippen LogP contribution in [0.2, 0.25) is 0 Å². The molecule has 1 atom stereocenters. The molecule has 0 spiro atoms. The molecule has 0 radical (unpaired) electrons.